The number of nitrogens with one attached hydrogen (secondary N) is 1. The maximum absolute atomic E-state index is 11.7. The molecule has 1 amide bonds. The predicted molar refractivity (Wildman–Crippen MR) is 79.2 cm³/mol. The van der Waals surface area contributed by atoms with Crippen LogP contribution >= 0.6 is 34.3 Å². The van der Waals surface area contributed by atoms with E-state index in [1.165, 1.54) is 11.3 Å². The summed E-state index contributed by atoms with van der Waals surface area (Å²) < 4.78 is 0.736. The Kier molecular flexibility index (Phi) is 4.58. The van der Waals surface area contributed by atoms with Gasteiger partial charge in [-0.05, 0) is 36.6 Å². The van der Waals surface area contributed by atoms with Gasteiger partial charge in [0.15, 0.2) is 0 Å². The second-order valence-electron chi connectivity index (χ2n) is 3.72. The topological polar surface area (TPSA) is 29.1 Å². The lowest BCUT2D eigenvalue weighted by molar-refractivity contribution is -0.117. The molecule has 0 aromatic carbocycles. The van der Waals surface area contributed by atoms with Crippen LogP contribution in [0.3, 0.4) is 0 Å². The van der Waals surface area contributed by atoms with Gasteiger partial charge in [0, 0.05) is 15.8 Å². The largest absolute Gasteiger partial charge is 0.345 e. The van der Waals surface area contributed by atoms with Crippen LogP contribution in [0.25, 0.3) is 6.08 Å². The summed E-state index contributed by atoms with van der Waals surface area (Å²) >= 11 is 8.95. The van der Waals surface area contributed by atoms with E-state index in [1.807, 2.05) is 42.6 Å². The molecule has 2 nitrogen and oxygen atoms in total. The molecule has 2 rings (SSSR count). The van der Waals surface area contributed by atoms with Gasteiger partial charge in [0.2, 0.25) is 5.91 Å². The van der Waals surface area contributed by atoms with E-state index in [-0.39, 0.29) is 11.9 Å². The lowest BCUT2D eigenvalue weighted by atomic mass is 10.2. The van der Waals surface area contributed by atoms with Gasteiger partial charge < -0.3 is 5.32 Å². The van der Waals surface area contributed by atoms with Crippen LogP contribution < -0.4 is 5.32 Å². The SMILES string of the molecule is CC(NC(=O)C=Cc1cccs1)c1ccc(Cl)s1. The Morgan fingerprint density at radius 1 is 1.44 bits per heavy atom. The van der Waals surface area contributed by atoms with Crippen LogP contribution in [0.15, 0.2) is 35.7 Å². The highest BCUT2D eigenvalue weighted by Gasteiger charge is 2.09. The van der Waals surface area contributed by atoms with Gasteiger partial charge in [-0.15, -0.1) is 22.7 Å². The standard InChI is InChI=1S/C13H12ClNOS2/c1-9(11-5-6-12(14)18-11)15-13(16)7-4-10-3-2-8-17-10/h2-9H,1H3,(H,15,16). The Balaban J connectivity index is 1.91. The number of thiophene rings is 2. The van der Waals surface area contributed by atoms with Crippen LogP contribution in [0.2, 0.25) is 4.34 Å². The van der Waals surface area contributed by atoms with Crippen molar-refractivity contribution < 1.29 is 4.79 Å². The van der Waals surface area contributed by atoms with Gasteiger partial charge in [-0.25, -0.2) is 0 Å². The molecule has 0 aliphatic carbocycles. The summed E-state index contributed by atoms with van der Waals surface area (Å²) in [7, 11) is 0. The molecule has 1 unspecified atom stereocenters. The molecular formula is C13H12ClNOS2. The summed E-state index contributed by atoms with van der Waals surface area (Å²) in [6, 6.07) is 7.67. The Labute approximate surface area is 119 Å². The molecule has 2 aromatic rings. The lowest BCUT2D eigenvalue weighted by Crippen LogP contribution is -2.23. The van der Waals surface area contributed by atoms with E-state index in [2.05, 4.69) is 5.32 Å². The zero-order valence-corrected chi connectivity index (χ0v) is 12.1. The minimum atomic E-state index is -0.0968. The quantitative estimate of drug-likeness (QED) is 0.835. The van der Waals surface area contributed by atoms with Gasteiger partial charge in [0.05, 0.1) is 10.4 Å². The van der Waals surface area contributed by atoms with E-state index in [0.717, 1.165) is 14.1 Å². The van der Waals surface area contributed by atoms with Crippen molar-refractivity contribution in [1.82, 2.24) is 5.32 Å². The molecule has 0 aliphatic rings. The lowest BCUT2D eigenvalue weighted by Gasteiger charge is -2.09. The molecule has 0 saturated carbocycles. The van der Waals surface area contributed by atoms with Crippen LogP contribution in [0.4, 0.5) is 0 Å². The monoisotopic (exact) mass is 297 g/mol. The van der Waals surface area contributed by atoms with Crippen LogP contribution in [0, 0.1) is 0 Å². The molecule has 0 bridgehead atoms. The summed E-state index contributed by atoms with van der Waals surface area (Å²) in [5.74, 6) is -0.0968. The fraction of sp³-hybridized carbons (Fsp3) is 0.154. The van der Waals surface area contributed by atoms with E-state index in [9.17, 15) is 4.79 Å². The maximum Gasteiger partial charge on any atom is 0.244 e. The third kappa shape index (κ3) is 3.70. The average molecular weight is 298 g/mol. The van der Waals surface area contributed by atoms with Crippen molar-refractivity contribution in [2.45, 2.75) is 13.0 Å². The number of hydrogen-bond donors (Lipinski definition) is 1. The zero-order valence-electron chi connectivity index (χ0n) is 9.72. The Morgan fingerprint density at radius 2 is 2.28 bits per heavy atom. The Hall–Kier alpha value is -1.10. The summed E-state index contributed by atoms with van der Waals surface area (Å²) in [5.41, 5.74) is 0. The molecule has 2 aromatic heterocycles. The molecule has 2 heterocycles. The van der Waals surface area contributed by atoms with Crippen molar-refractivity contribution in [3.05, 3.63) is 49.8 Å². The highest BCUT2D eigenvalue weighted by atomic mass is 35.5. The second kappa shape index (κ2) is 6.18. The van der Waals surface area contributed by atoms with Crippen LogP contribution in [-0.4, -0.2) is 5.91 Å². The Bertz CT molecular complexity index is 545. The molecule has 0 radical (unpaired) electrons. The third-order valence-electron chi connectivity index (χ3n) is 2.32. The molecule has 1 atom stereocenters. The molecular weight excluding hydrogens is 286 g/mol. The number of carbonyl (C=O) groups is 1. The summed E-state index contributed by atoms with van der Waals surface area (Å²) in [6.45, 7) is 1.94. The third-order valence-corrected chi connectivity index (χ3v) is 4.57. The first-order valence-corrected chi connectivity index (χ1v) is 7.50. The van der Waals surface area contributed by atoms with Crippen LogP contribution in [-0.2, 0) is 4.79 Å². The molecule has 1 N–H and O–H groups in total. The van der Waals surface area contributed by atoms with Gasteiger partial charge in [0.1, 0.15) is 0 Å². The first kappa shape index (κ1) is 13.3. The van der Waals surface area contributed by atoms with Gasteiger partial charge >= 0.3 is 0 Å². The van der Waals surface area contributed by atoms with Gasteiger partial charge in [0.25, 0.3) is 0 Å². The predicted octanol–water partition coefficient (Wildman–Crippen LogP) is 4.35. The molecule has 94 valence electrons. The van der Waals surface area contributed by atoms with Crippen molar-refractivity contribution in [3.8, 4) is 0 Å². The highest BCUT2D eigenvalue weighted by Crippen LogP contribution is 2.26. The fourth-order valence-electron chi connectivity index (χ4n) is 1.44. The smallest absolute Gasteiger partial charge is 0.244 e. The number of hydrogen-bond acceptors (Lipinski definition) is 3. The number of rotatable bonds is 4. The molecule has 0 aliphatic heterocycles. The van der Waals surface area contributed by atoms with E-state index in [4.69, 9.17) is 11.6 Å². The van der Waals surface area contributed by atoms with E-state index < -0.39 is 0 Å². The van der Waals surface area contributed by atoms with Gasteiger partial charge in [-0.3, -0.25) is 4.79 Å². The summed E-state index contributed by atoms with van der Waals surface area (Å²) in [5, 5.41) is 4.88. The number of amides is 1. The van der Waals surface area contributed by atoms with Gasteiger partial charge in [-0.2, -0.15) is 0 Å². The zero-order chi connectivity index (χ0) is 13.0. The van der Waals surface area contributed by atoms with Gasteiger partial charge in [-0.1, -0.05) is 17.7 Å². The molecule has 0 fully saturated rings. The van der Waals surface area contributed by atoms with Crippen molar-refractivity contribution in [2.75, 3.05) is 0 Å². The van der Waals surface area contributed by atoms with Crippen LogP contribution in [0.5, 0.6) is 0 Å². The number of halogens is 1. The highest BCUT2D eigenvalue weighted by molar-refractivity contribution is 7.16. The summed E-state index contributed by atoms with van der Waals surface area (Å²) in [4.78, 5) is 13.8. The van der Waals surface area contributed by atoms with E-state index >= 15 is 0 Å². The number of carbonyl (C=O) groups excluding carboxylic acids is 1. The van der Waals surface area contributed by atoms with Crippen molar-refractivity contribution in [3.63, 3.8) is 0 Å². The maximum atomic E-state index is 11.7. The first-order valence-electron chi connectivity index (χ1n) is 5.42. The average Bonchev–Trinajstić information content (AvgIpc) is 2.97. The van der Waals surface area contributed by atoms with E-state index in [1.54, 1.807) is 17.4 Å². The fourth-order valence-corrected chi connectivity index (χ4v) is 3.12. The second-order valence-corrected chi connectivity index (χ2v) is 6.45. The molecule has 0 saturated heterocycles. The minimum Gasteiger partial charge on any atom is -0.345 e. The van der Waals surface area contributed by atoms with Crippen molar-refractivity contribution in [2.24, 2.45) is 0 Å². The van der Waals surface area contributed by atoms with Crippen molar-refractivity contribution >= 4 is 46.3 Å². The normalized spacial score (nSPS) is 12.8. The first-order chi connectivity index (χ1) is 8.65. The summed E-state index contributed by atoms with van der Waals surface area (Å²) in [6.07, 6.45) is 3.37. The molecule has 18 heavy (non-hydrogen) atoms. The van der Waals surface area contributed by atoms with Crippen molar-refractivity contribution in [1.29, 1.82) is 0 Å². The minimum absolute atomic E-state index is 0.0250. The molecule has 0 spiro atoms. The molecule has 5 heteroatoms. The van der Waals surface area contributed by atoms with Crippen LogP contribution in [0.1, 0.15) is 22.7 Å². The van der Waals surface area contributed by atoms with E-state index in [0.29, 0.717) is 0 Å². The Morgan fingerprint density at radius 3 is 2.89 bits per heavy atom.